The summed E-state index contributed by atoms with van der Waals surface area (Å²) in [4.78, 5) is 23.5. The lowest BCUT2D eigenvalue weighted by molar-refractivity contribution is 0.0295. The molecular formula is C13H14O5. The number of carbonyl (C=O) groups excluding carboxylic acids is 2. The first kappa shape index (κ1) is 12.4. The third-order valence-corrected chi connectivity index (χ3v) is 2.79. The summed E-state index contributed by atoms with van der Waals surface area (Å²) in [6.07, 6.45) is 0.0730. The van der Waals surface area contributed by atoms with E-state index in [0.717, 1.165) is 0 Å². The van der Waals surface area contributed by atoms with Crippen molar-refractivity contribution in [1.29, 1.82) is 0 Å². The molecular weight excluding hydrogens is 236 g/mol. The molecule has 1 atom stereocenters. The fourth-order valence-corrected chi connectivity index (χ4v) is 2.05. The highest BCUT2D eigenvalue weighted by Gasteiger charge is 2.30. The summed E-state index contributed by atoms with van der Waals surface area (Å²) in [6.45, 7) is 3.70. The standard InChI is InChI=1S/C13H14O5/c1-3-17-12(15)8-4-5-10(14)11-9(8)6-7(2)18-13(11)16/h4-5,7,14H,3,6H2,1-2H3/t7-/m0/s1. The second kappa shape index (κ2) is 4.68. The van der Waals surface area contributed by atoms with Gasteiger partial charge in [0.25, 0.3) is 0 Å². The van der Waals surface area contributed by atoms with Crippen LogP contribution in [0, 0.1) is 0 Å². The number of phenols is 1. The highest BCUT2D eigenvalue weighted by Crippen LogP contribution is 2.31. The van der Waals surface area contributed by atoms with Gasteiger partial charge in [0.05, 0.1) is 12.2 Å². The largest absolute Gasteiger partial charge is 0.507 e. The second-order valence-electron chi connectivity index (χ2n) is 4.13. The van der Waals surface area contributed by atoms with E-state index in [1.54, 1.807) is 13.8 Å². The molecule has 96 valence electrons. The molecule has 1 N–H and O–H groups in total. The molecule has 5 heteroatoms. The van der Waals surface area contributed by atoms with E-state index in [0.29, 0.717) is 17.5 Å². The van der Waals surface area contributed by atoms with Crippen molar-refractivity contribution in [3.8, 4) is 5.75 Å². The number of hydrogen-bond acceptors (Lipinski definition) is 5. The maximum atomic E-state index is 11.8. The molecule has 0 spiro atoms. The van der Waals surface area contributed by atoms with Crippen LogP contribution in [0.3, 0.4) is 0 Å². The lowest BCUT2D eigenvalue weighted by atomic mass is 9.93. The van der Waals surface area contributed by atoms with Gasteiger partial charge in [0, 0.05) is 6.42 Å². The Hall–Kier alpha value is -2.04. The lowest BCUT2D eigenvalue weighted by Gasteiger charge is -2.24. The second-order valence-corrected chi connectivity index (χ2v) is 4.13. The van der Waals surface area contributed by atoms with E-state index in [9.17, 15) is 14.7 Å². The summed E-state index contributed by atoms with van der Waals surface area (Å²) in [7, 11) is 0. The fraction of sp³-hybridized carbons (Fsp3) is 0.385. The van der Waals surface area contributed by atoms with Crippen molar-refractivity contribution >= 4 is 11.9 Å². The van der Waals surface area contributed by atoms with E-state index >= 15 is 0 Å². The summed E-state index contributed by atoms with van der Waals surface area (Å²) in [5.41, 5.74) is 0.879. The molecule has 1 aliphatic heterocycles. The summed E-state index contributed by atoms with van der Waals surface area (Å²) in [5, 5.41) is 9.70. The van der Waals surface area contributed by atoms with Gasteiger partial charge in [-0.3, -0.25) is 0 Å². The van der Waals surface area contributed by atoms with Crippen LogP contribution >= 0.6 is 0 Å². The van der Waals surface area contributed by atoms with E-state index in [-0.39, 0.29) is 24.0 Å². The number of rotatable bonds is 2. The van der Waals surface area contributed by atoms with Crippen molar-refractivity contribution in [3.05, 3.63) is 28.8 Å². The Morgan fingerprint density at radius 3 is 2.94 bits per heavy atom. The Kier molecular flexibility index (Phi) is 3.23. The third-order valence-electron chi connectivity index (χ3n) is 2.79. The van der Waals surface area contributed by atoms with E-state index in [2.05, 4.69) is 0 Å². The van der Waals surface area contributed by atoms with E-state index < -0.39 is 11.9 Å². The van der Waals surface area contributed by atoms with Gasteiger partial charge in [-0.1, -0.05) is 0 Å². The van der Waals surface area contributed by atoms with Gasteiger partial charge in [-0.2, -0.15) is 0 Å². The number of phenolic OH excluding ortho intramolecular Hbond substituents is 1. The normalized spacial score (nSPS) is 17.9. The first-order chi connectivity index (χ1) is 8.54. The molecule has 0 aromatic heterocycles. The van der Waals surface area contributed by atoms with Gasteiger partial charge >= 0.3 is 11.9 Å². The van der Waals surface area contributed by atoms with Crippen molar-refractivity contribution in [2.24, 2.45) is 0 Å². The minimum atomic E-state index is -0.604. The number of esters is 2. The van der Waals surface area contributed by atoms with Crippen LogP contribution in [0.2, 0.25) is 0 Å². The van der Waals surface area contributed by atoms with Gasteiger partial charge in [0.2, 0.25) is 0 Å². The van der Waals surface area contributed by atoms with Crippen molar-refractivity contribution in [2.45, 2.75) is 26.4 Å². The molecule has 18 heavy (non-hydrogen) atoms. The van der Waals surface area contributed by atoms with Crippen molar-refractivity contribution in [2.75, 3.05) is 6.61 Å². The van der Waals surface area contributed by atoms with Crippen molar-refractivity contribution < 1.29 is 24.2 Å². The Bertz CT molecular complexity index is 506. The van der Waals surface area contributed by atoms with Crippen LogP contribution < -0.4 is 0 Å². The van der Waals surface area contributed by atoms with Gasteiger partial charge in [-0.25, -0.2) is 9.59 Å². The van der Waals surface area contributed by atoms with Crippen LogP contribution in [0.5, 0.6) is 5.75 Å². The molecule has 1 heterocycles. The number of fused-ring (bicyclic) bond motifs is 1. The van der Waals surface area contributed by atoms with Crippen LogP contribution in [0.25, 0.3) is 0 Å². The predicted molar refractivity (Wildman–Crippen MR) is 62.6 cm³/mol. The first-order valence-corrected chi connectivity index (χ1v) is 5.77. The maximum absolute atomic E-state index is 11.8. The van der Waals surface area contributed by atoms with Gasteiger partial charge in [0.15, 0.2) is 0 Å². The summed E-state index contributed by atoms with van der Waals surface area (Å²) < 4.78 is 9.97. The third kappa shape index (κ3) is 2.03. The average Bonchev–Trinajstić information content (AvgIpc) is 2.28. The molecule has 0 radical (unpaired) electrons. The minimum absolute atomic E-state index is 0.0682. The van der Waals surface area contributed by atoms with Gasteiger partial charge in [0.1, 0.15) is 17.4 Å². The molecule has 1 aromatic rings. The smallest absolute Gasteiger partial charge is 0.342 e. The molecule has 5 nitrogen and oxygen atoms in total. The summed E-state index contributed by atoms with van der Waals surface area (Å²) in [5.74, 6) is -1.27. The highest BCUT2D eigenvalue weighted by atomic mass is 16.5. The average molecular weight is 250 g/mol. The number of benzene rings is 1. The van der Waals surface area contributed by atoms with Gasteiger partial charge in [-0.05, 0) is 31.5 Å². The molecule has 0 amide bonds. The van der Waals surface area contributed by atoms with Gasteiger partial charge in [-0.15, -0.1) is 0 Å². The quantitative estimate of drug-likeness (QED) is 0.808. The van der Waals surface area contributed by atoms with Gasteiger partial charge < -0.3 is 14.6 Å². The number of ether oxygens (including phenoxy) is 2. The monoisotopic (exact) mass is 250 g/mol. The lowest BCUT2D eigenvalue weighted by Crippen LogP contribution is -2.27. The Morgan fingerprint density at radius 2 is 2.28 bits per heavy atom. The maximum Gasteiger partial charge on any atom is 0.342 e. The van der Waals surface area contributed by atoms with E-state index in [1.807, 2.05) is 0 Å². The number of hydrogen-bond donors (Lipinski definition) is 1. The number of carbonyl (C=O) groups is 2. The first-order valence-electron chi connectivity index (χ1n) is 5.77. The molecule has 1 aromatic carbocycles. The van der Waals surface area contributed by atoms with Crippen molar-refractivity contribution in [1.82, 2.24) is 0 Å². The topological polar surface area (TPSA) is 72.8 Å². The summed E-state index contributed by atoms with van der Waals surface area (Å²) >= 11 is 0. The molecule has 2 rings (SSSR count). The molecule has 0 saturated carbocycles. The molecule has 0 bridgehead atoms. The summed E-state index contributed by atoms with van der Waals surface area (Å²) in [6, 6.07) is 2.78. The van der Waals surface area contributed by atoms with Crippen LogP contribution in [0.1, 0.15) is 40.1 Å². The Morgan fingerprint density at radius 1 is 1.56 bits per heavy atom. The van der Waals surface area contributed by atoms with Crippen molar-refractivity contribution in [3.63, 3.8) is 0 Å². The van der Waals surface area contributed by atoms with Crippen LogP contribution in [0.15, 0.2) is 12.1 Å². The number of cyclic esters (lactones) is 1. The SMILES string of the molecule is CCOC(=O)c1ccc(O)c2c1C[C@H](C)OC2=O. The highest BCUT2D eigenvalue weighted by molar-refractivity contribution is 6.00. The van der Waals surface area contributed by atoms with Crippen LogP contribution in [-0.2, 0) is 15.9 Å². The Labute approximate surface area is 104 Å². The van der Waals surface area contributed by atoms with E-state index in [4.69, 9.17) is 9.47 Å². The predicted octanol–water partition coefficient (Wildman–Crippen LogP) is 1.67. The Balaban J connectivity index is 2.54. The zero-order valence-electron chi connectivity index (χ0n) is 10.2. The molecule has 0 unspecified atom stereocenters. The van der Waals surface area contributed by atoms with Crippen LogP contribution in [0.4, 0.5) is 0 Å². The van der Waals surface area contributed by atoms with Crippen LogP contribution in [-0.4, -0.2) is 29.8 Å². The fourth-order valence-electron chi connectivity index (χ4n) is 2.05. The molecule has 0 aliphatic carbocycles. The zero-order chi connectivity index (χ0) is 13.3. The zero-order valence-corrected chi connectivity index (χ0v) is 10.2. The molecule has 0 saturated heterocycles. The molecule has 1 aliphatic rings. The van der Waals surface area contributed by atoms with E-state index in [1.165, 1.54) is 12.1 Å². The minimum Gasteiger partial charge on any atom is -0.507 e. The number of aromatic hydroxyl groups is 1. The molecule has 0 fully saturated rings.